The van der Waals surface area contributed by atoms with Gasteiger partial charge in [0.2, 0.25) is 0 Å². The summed E-state index contributed by atoms with van der Waals surface area (Å²) in [7, 11) is 4.17. The Labute approximate surface area is 64.6 Å². The highest BCUT2D eigenvalue weighted by molar-refractivity contribution is 4.59. The molecule has 10 heavy (non-hydrogen) atoms. The van der Waals surface area contributed by atoms with Gasteiger partial charge in [0.25, 0.3) is 0 Å². The molecule has 0 fully saturated rings. The third-order valence-electron chi connectivity index (χ3n) is 1.98. The predicted molar refractivity (Wildman–Crippen MR) is 46.3 cm³/mol. The molecule has 2 nitrogen and oxygen atoms in total. The normalized spacial score (nSPS) is 14.1. The van der Waals surface area contributed by atoms with Crippen molar-refractivity contribution < 1.29 is 0 Å². The first-order valence-corrected chi connectivity index (χ1v) is 4.06. The first kappa shape index (κ1) is 9.92. The van der Waals surface area contributed by atoms with E-state index in [1.165, 1.54) is 13.0 Å². The van der Waals surface area contributed by atoms with Gasteiger partial charge in [0.05, 0.1) is 0 Å². The van der Waals surface area contributed by atoms with Crippen LogP contribution in [-0.4, -0.2) is 38.1 Å². The summed E-state index contributed by atoms with van der Waals surface area (Å²) in [6.45, 7) is 6.74. The van der Waals surface area contributed by atoms with E-state index in [0.29, 0.717) is 6.04 Å². The summed E-state index contributed by atoms with van der Waals surface area (Å²) in [5.41, 5.74) is 0. The molecule has 62 valence electrons. The lowest BCUT2D eigenvalue weighted by Gasteiger charge is -2.16. The van der Waals surface area contributed by atoms with Gasteiger partial charge in [-0.15, -0.1) is 0 Å². The van der Waals surface area contributed by atoms with Crippen LogP contribution in [0.2, 0.25) is 0 Å². The highest BCUT2D eigenvalue weighted by Gasteiger charge is 1.98. The molecule has 0 saturated heterocycles. The van der Waals surface area contributed by atoms with E-state index in [0.717, 1.165) is 6.54 Å². The minimum Gasteiger partial charge on any atom is -0.317 e. The molecule has 0 aromatic rings. The fourth-order valence-electron chi connectivity index (χ4n) is 0.716. The molecule has 0 rings (SSSR count). The standard InChI is InChI=1S/C8H20N2/c1-5-10(4)7-6-8(2)9-3/h8-9H,5-7H2,1-4H3. The smallest absolute Gasteiger partial charge is 0.00478 e. The first-order valence-electron chi connectivity index (χ1n) is 4.06. The van der Waals surface area contributed by atoms with Crippen LogP contribution in [0.25, 0.3) is 0 Å². The van der Waals surface area contributed by atoms with E-state index in [1.807, 2.05) is 7.05 Å². The Balaban J connectivity index is 3.17. The Morgan fingerprint density at radius 1 is 1.50 bits per heavy atom. The molecule has 0 aromatic heterocycles. The van der Waals surface area contributed by atoms with Crippen molar-refractivity contribution in [2.75, 3.05) is 27.2 Å². The first-order chi connectivity index (χ1) is 4.70. The highest BCUT2D eigenvalue weighted by Crippen LogP contribution is 1.91. The Hall–Kier alpha value is -0.0800. The summed E-state index contributed by atoms with van der Waals surface area (Å²) in [6, 6.07) is 0.647. The van der Waals surface area contributed by atoms with Gasteiger partial charge in [-0.3, -0.25) is 0 Å². The van der Waals surface area contributed by atoms with E-state index < -0.39 is 0 Å². The van der Waals surface area contributed by atoms with Gasteiger partial charge in [-0.1, -0.05) is 6.92 Å². The molecule has 0 aliphatic rings. The van der Waals surface area contributed by atoms with Gasteiger partial charge in [0.1, 0.15) is 0 Å². The van der Waals surface area contributed by atoms with Crippen LogP contribution in [0.15, 0.2) is 0 Å². The number of hydrogen-bond donors (Lipinski definition) is 1. The van der Waals surface area contributed by atoms with Crippen molar-refractivity contribution in [3.63, 3.8) is 0 Å². The Bertz CT molecular complexity index is 63.7. The van der Waals surface area contributed by atoms with E-state index in [1.54, 1.807) is 0 Å². The summed E-state index contributed by atoms with van der Waals surface area (Å²) >= 11 is 0. The van der Waals surface area contributed by atoms with Gasteiger partial charge in [-0.05, 0) is 40.5 Å². The maximum atomic E-state index is 3.22. The molecule has 0 saturated carbocycles. The van der Waals surface area contributed by atoms with Crippen LogP contribution in [-0.2, 0) is 0 Å². The zero-order chi connectivity index (χ0) is 7.98. The molecule has 0 heterocycles. The van der Waals surface area contributed by atoms with Gasteiger partial charge >= 0.3 is 0 Å². The molecular weight excluding hydrogens is 124 g/mol. The summed E-state index contributed by atoms with van der Waals surface area (Å²) in [5, 5.41) is 3.22. The van der Waals surface area contributed by atoms with E-state index in [2.05, 4.69) is 31.1 Å². The molecular formula is C8H20N2. The van der Waals surface area contributed by atoms with Crippen molar-refractivity contribution >= 4 is 0 Å². The molecule has 1 unspecified atom stereocenters. The average Bonchev–Trinajstić information content (AvgIpc) is 1.99. The topological polar surface area (TPSA) is 15.3 Å². The van der Waals surface area contributed by atoms with E-state index >= 15 is 0 Å². The van der Waals surface area contributed by atoms with Crippen LogP contribution in [0.4, 0.5) is 0 Å². The van der Waals surface area contributed by atoms with E-state index in [-0.39, 0.29) is 0 Å². The van der Waals surface area contributed by atoms with E-state index in [9.17, 15) is 0 Å². The molecule has 0 amide bonds. The van der Waals surface area contributed by atoms with Crippen LogP contribution in [0.5, 0.6) is 0 Å². The second-order valence-corrected chi connectivity index (χ2v) is 2.87. The Kier molecular flexibility index (Phi) is 5.64. The van der Waals surface area contributed by atoms with Crippen molar-refractivity contribution in [2.24, 2.45) is 0 Å². The second kappa shape index (κ2) is 5.69. The summed E-state index contributed by atoms with van der Waals surface area (Å²) in [4.78, 5) is 2.33. The number of nitrogens with zero attached hydrogens (tertiary/aromatic N) is 1. The minimum atomic E-state index is 0.647. The molecule has 1 N–H and O–H groups in total. The van der Waals surface area contributed by atoms with Gasteiger partial charge in [0, 0.05) is 6.04 Å². The third-order valence-corrected chi connectivity index (χ3v) is 1.98. The van der Waals surface area contributed by atoms with Crippen LogP contribution in [0.3, 0.4) is 0 Å². The lowest BCUT2D eigenvalue weighted by molar-refractivity contribution is 0.329. The van der Waals surface area contributed by atoms with Crippen molar-refractivity contribution in [3.05, 3.63) is 0 Å². The molecule has 0 aromatic carbocycles. The second-order valence-electron chi connectivity index (χ2n) is 2.87. The summed E-state index contributed by atoms with van der Waals surface area (Å²) < 4.78 is 0. The highest BCUT2D eigenvalue weighted by atomic mass is 15.1. The Morgan fingerprint density at radius 3 is 2.50 bits per heavy atom. The predicted octanol–water partition coefficient (Wildman–Crippen LogP) is 0.936. The Morgan fingerprint density at radius 2 is 2.10 bits per heavy atom. The molecule has 0 bridgehead atoms. The maximum Gasteiger partial charge on any atom is 0.00478 e. The quantitative estimate of drug-likeness (QED) is 0.617. The third kappa shape index (κ3) is 4.77. The lowest BCUT2D eigenvalue weighted by Crippen LogP contribution is -2.28. The van der Waals surface area contributed by atoms with Gasteiger partial charge in [-0.2, -0.15) is 0 Å². The van der Waals surface area contributed by atoms with Crippen LogP contribution in [0.1, 0.15) is 20.3 Å². The van der Waals surface area contributed by atoms with Gasteiger partial charge < -0.3 is 10.2 Å². The van der Waals surface area contributed by atoms with Crippen molar-refractivity contribution in [1.29, 1.82) is 0 Å². The van der Waals surface area contributed by atoms with Crippen molar-refractivity contribution in [3.8, 4) is 0 Å². The minimum absolute atomic E-state index is 0.647. The zero-order valence-electron chi connectivity index (χ0n) is 7.65. The van der Waals surface area contributed by atoms with Crippen LogP contribution in [0, 0.1) is 0 Å². The molecule has 1 atom stereocenters. The van der Waals surface area contributed by atoms with Crippen LogP contribution >= 0.6 is 0 Å². The zero-order valence-corrected chi connectivity index (χ0v) is 7.65. The maximum absolute atomic E-state index is 3.22. The summed E-state index contributed by atoms with van der Waals surface area (Å²) in [6.07, 6.45) is 1.24. The largest absolute Gasteiger partial charge is 0.317 e. The fraction of sp³-hybridized carbons (Fsp3) is 1.00. The molecule has 0 aliphatic carbocycles. The SMILES string of the molecule is CCN(C)CCC(C)NC. The fourth-order valence-corrected chi connectivity index (χ4v) is 0.716. The molecule has 0 aliphatic heterocycles. The summed E-state index contributed by atoms with van der Waals surface area (Å²) in [5.74, 6) is 0. The van der Waals surface area contributed by atoms with Crippen molar-refractivity contribution in [2.45, 2.75) is 26.3 Å². The number of nitrogens with one attached hydrogen (secondary N) is 1. The van der Waals surface area contributed by atoms with Crippen molar-refractivity contribution in [1.82, 2.24) is 10.2 Å². The lowest BCUT2D eigenvalue weighted by atomic mass is 10.2. The monoisotopic (exact) mass is 144 g/mol. The van der Waals surface area contributed by atoms with Gasteiger partial charge in [-0.25, -0.2) is 0 Å². The van der Waals surface area contributed by atoms with E-state index in [4.69, 9.17) is 0 Å². The average molecular weight is 144 g/mol. The molecule has 2 heteroatoms. The number of rotatable bonds is 5. The molecule has 0 spiro atoms. The van der Waals surface area contributed by atoms with Gasteiger partial charge in [0.15, 0.2) is 0 Å². The molecule has 0 radical (unpaired) electrons. The van der Waals surface area contributed by atoms with Crippen LogP contribution < -0.4 is 5.32 Å². The number of hydrogen-bond acceptors (Lipinski definition) is 2.